The molecule has 0 atom stereocenters. The predicted molar refractivity (Wildman–Crippen MR) is 98.8 cm³/mol. The first-order valence-electron chi connectivity index (χ1n) is 7.74. The Morgan fingerprint density at radius 1 is 1.24 bits per heavy atom. The zero-order valence-corrected chi connectivity index (χ0v) is 15.0. The van der Waals surface area contributed by atoms with E-state index in [0.717, 1.165) is 5.56 Å². The largest absolute Gasteiger partial charge is 0.338 e. The van der Waals surface area contributed by atoms with Crippen LogP contribution in [0.15, 0.2) is 55.6 Å². The van der Waals surface area contributed by atoms with Gasteiger partial charge in [-0.3, -0.25) is 9.36 Å². The molecule has 6 nitrogen and oxygen atoms in total. The zero-order valence-electron chi connectivity index (χ0n) is 13.4. The van der Waals surface area contributed by atoms with E-state index in [-0.39, 0.29) is 5.56 Å². The molecule has 0 N–H and O–H groups in total. The second-order valence-corrected chi connectivity index (χ2v) is 7.00. The van der Waals surface area contributed by atoms with Crippen LogP contribution < -0.4 is 5.56 Å². The maximum absolute atomic E-state index is 12.6. The van der Waals surface area contributed by atoms with Gasteiger partial charge in [0.1, 0.15) is 0 Å². The molecule has 1 aromatic carbocycles. The van der Waals surface area contributed by atoms with Crippen LogP contribution in [0, 0.1) is 0 Å². The molecule has 0 unspecified atom stereocenters. The van der Waals surface area contributed by atoms with Crippen molar-refractivity contribution in [3.8, 4) is 11.4 Å². The minimum atomic E-state index is -0.0277. The first-order valence-corrected chi connectivity index (χ1v) is 9.66. The smallest absolute Gasteiger partial charge is 0.262 e. The van der Waals surface area contributed by atoms with Crippen molar-refractivity contribution in [3.05, 3.63) is 57.3 Å². The Balaban J connectivity index is 1.62. The molecule has 0 aliphatic carbocycles. The molecule has 0 radical (unpaired) electrons. The van der Waals surface area contributed by atoms with Gasteiger partial charge in [-0.05, 0) is 30.5 Å². The highest BCUT2D eigenvalue weighted by atomic mass is 32.2. The molecule has 25 heavy (non-hydrogen) atoms. The van der Waals surface area contributed by atoms with Crippen molar-refractivity contribution in [2.75, 3.05) is 0 Å². The van der Waals surface area contributed by atoms with Crippen LogP contribution in [0.2, 0.25) is 0 Å². The van der Waals surface area contributed by atoms with Gasteiger partial charge in [-0.2, -0.15) is 16.3 Å². The number of thiophene rings is 1. The summed E-state index contributed by atoms with van der Waals surface area (Å²) in [6, 6.07) is 9.33. The van der Waals surface area contributed by atoms with Gasteiger partial charge in [0.2, 0.25) is 11.7 Å². The van der Waals surface area contributed by atoms with Crippen LogP contribution in [0.3, 0.4) is 0 Å². The number of nitrogens with zero attached hydrogens (tertiary/aromatic N) is 4. The summed E-state index contributed by atoms with van der Waals surface area (Å²) in [5, 5.41) is 9.23. The molecule has 3 heterocycles. The lowest BCUT2D eigenvalue weighted by Crippen LogP contribution is -2.22. The number of aromatic nitrogens is 4. The van der Waals surface area contributed by atoms with Crippen molar-refractivity contribution in [2.45, 2.75) is 24.4 Å². The van der Waals surface area contributed by atoms with Gasteiger partial charge in [-0.1, -0.05) is 29.1 Å². The van der Waals surface area contributed by atoms with E-state index in [2.05, 4.69) is 15.1 Å². The standard InChI is InChI=1S/C17H14N4O2S2/c1-2-21-16(22)12-5-3-4-6-13(12)18-17(21)25-10-14-19-15(20-23-14)11-7-8-24-9-11/h3-9H,2,10H2,1H3. The predicted octanol–water partition coefficient (Wildman–Crippen LogP) is 3.82. The van der Waals surface area contributed by atoms with E-state index >= 15 is 0 Å². The summed E-state index contributed by atoms with van der Waals surface area (Å²) in [5.74, 6) is 1.55. The molecule has 0 aliphatic heterocycles. The van der Waals surface area contributed by atoms with Crippen molar-refractivity contribution in [1.82, 2.24) is 19.7 Å². The van der Waals surface area contributed by atoms with Crippen LogP contribution in [0.25, 0.3) is 22.3 Å². The summed E-state index contributed by atoms with van der Waals surface area (Å²) in [5.41, 5.74) is 1.61. The third kappa shape index (κ3) is 3.10. The number of hydrogen-bond donors (Lipinski definition) is 0. The van der Waals surface area contributed by atoms with Crippen molar-refractivity contribution >= 4 is 34.0 Å². The van der Waals surface area contributed by atoms with Crippen molar-refractivity contribution in [2.24, 2.45) is 0 Å². The Labute approximate surface area is 151 Å². The normalized spacial score (nSPS) is 11.2. The van der Waals surface area contributed by atoms with Crippen LogP contribution in [-0.2, 0) is 12.3 Å². The van der Waals surface area contributed by atoms with Gasteiger partial charge in [0.25, 0.3) is 5.56 Å². The van der Waals surface area contributed by atoms with E-state index in [0.29, 0.717) is 40.1 Å². The third-order valence-corrected chi connectivity index (χ3v) is 5.36. The van der Waals surface area contributed by atoms with Crippen LogP contribution in [0.1, 0.15) is 12.8 Å². The van der Waals surface area contributed by atoms with Gasteiger partial charge >= 0.3 is 0 Å². The molecule has 8 heteroatoms. The Hall–Kier alpha value is -2.45. The molecule has 0 spiro atoms. The Morgan fingerprint density at radius 2 is 2.12 bits per heavy atom. The topological polar surface area (TPSA) is 73.8 Å². The van der Waals surface area contributed by atoms with Crippen LogP contribution in [-0.4, -0.2) is 19.7 Å². The Morgan fingerprint density at radius 3 is 2.92 bits per heavy atom. The maximum atomic E-state index is 12.6. The minimum Gasteiger partial charge on any atom is -0.338 e. The van der Waals surface area contributed by atoms with Crippen molar-refractivity contribution in [1.29, 1.82) is 0 Å². The van der Waals surface area contributed by atoms with Gasteiger partial charge in [-0.25, -0.2) is 4.98 Å². The van der Waals surface area contributed by atoms with Gasteiger partial charge in [-0.15, -0.1) is 0 Å². The molecule has 0 fully saturated rings. The van der Waals surface area contributed by atoms with E-state index in [1.54, 1.807) is 22.0 Å². The summed E-state index contributed by atoms with van der Waals surface area (Å²) >= 11 is 3.01. The second-order valence-electron chi connectivity index (χ2n) is 5.27. The highest BCUT2D eigenvalue weighted by Crippen LogP contribution is 2.24. The molecular formula is C17H14N4O2S2. The number of thioether (sulfide) groups is 1. The average molecular weight is 370 g/mol. The monoisotopic (exact) mass is 370 g/mol. The summed E-state index contributed by atoms with van der Waals surface area (Å²) in [4.78, 5) is 21.6. The molecule has 0 aliphatic rings. The highest BCUT2D eigenvalue weighted by molar-refractivity contribution is 7.98. The fraction of sp³-hybridized carbons (Fsp3) is 0.176. The van der Waals surface area contributed by atoms with E-state index in [9.17, 15) is 4.79 Å². The zero-order chi connectivity index (χ0) is 17.2. The first-order chi connectivity index (χ1) is 12.3. The quantitative estimate of drug-likeness (QED) is 0.393. The van der Waals surface area contributed by atoms with E-state index in [1.807, 2.05) is 41.9 Å². The highest BCUT2D eigenvalue weighted by Gasteiger charge is 2.13. The summed E-state index contributed by atoms with van der Waals surface area (Å²) < 4.78 is 6.98. The number of benzene rings is 1. The molecular weight excluding hydrogens is 356 g/mol. The van der Waals surface area contributed by atoms with Crippen LogP contribution in [0.4, 0.5) is 0 Å². The van der Waals surface area contributed by atoms with Gasteiger partial charge in [0.05, 0.1) is 16.7 Å². The second kappa shape index (κ2) is 6.81. The number of para-hydroxylation sites is 1. The molecule has 4 aromatic rings. The van der Waals surface area contributed by atoms with Crippen LogP contribution in [0.5, 0.6) is 0 Å². The first kappa shape index (κ1) is 16.0. The van der Waals surface area contributed by atoms with E-state index in [1.165, 1.54) is 11.8 Å². The summed E-state index contributed by atoms with van der Waals surface area (Å²) in [7, 11) is 0. The van der Waals surface area contributed by atoms with Crippen LogP contribution >= 0.6 is 23.1 Å². The number of fused-ring (bicyclic) bond motifs is 1. The van der Waals surface area contributed by atoms with E-state index in [4.69, 9.17) is 4.52 Å². The van der Waals surface area contributed by atoms with Gasteiger partial charge in [0.15, 0.2) is 5.16 Å². The molecule has 0 bridgehead atoms. The molecule has 0 saturated carbocycles. The molecule has 4 rings (SSSR count). The molecule has 126 valence electrons. The molecule has 3 aromatic heterocycles. The molecule has 0 saturated heterocycles. The lowest BCUT2D eigenvalue weighted by molar-refractivity contribution is 0.391. The summed E-state index contributed by atoms with van der Waals surface area (Å²) in [6.45, 7) is 2.49. The lowest BCUT2D eigenvalue weighted by Gasteiger charge is -2.10. The van der Waals surface area contributed by atoms with Gasteiger partial charge < -0.3 is 4.52 Å². The van der Waals surface area contributed by atoms with E-state index < -0.39 is 0 Å². The van der Waals surface area contributed by atoms with Crippen molar-refractivity contribution in [3.63, 3.8) is 0 Å². The van der Waals surface area contributed by atoms with Crippen molar-refractivity contribution < 1.29 is 4.52 Å². The Bertz CT molecular complexity index is 1070. The number of rotatable bonds is 5. The summed E-state index contributed by atoms with van der Waals surface area (Å²) in [6.07, 6.45) is 0. The Kier molecular flexibility index (Phi) is 4.37. The molecule has 0 amide bonds. The minimum absolute atomic E-state index is 0.0277. The maximum Gasteiger partial charge on any atom is 0.262 e. The average Bonchev–Trinajstić information content (AvgIpc) is 3.31. The van der Waals surface area contributed by atoms with Gasteiger partial charge in [0, 0.05) is 17.5 Å². The third-order valence-electron chi connectivity index (χ3n) is 3.72. The fourth-order valence-electron chi connectivity index (χ4n) is 2.49. The SMILES string of the molecule is CCn1c(SCc2nc(-c3ccsc3)no2)nc2ccccc2c1=O. The lowest BCUT2D eigenvalue weighted by atomic mass is 10.2. The fourth-order valence-corrected chi connectivity index (χ4v) is 4.02. The number of hydrogen-bond acceptors (Lipinski definition) is 7.